The molecule has 7 heteroatoms. The van der Waals surface area contributed by atoms with Crippen LogP contribution in [0.1, 0.15) is 32.6 Å². The van der Waals surface area contributed by atoms with Crippen molar-refractivity contribution in [1.82, 2.24) is 14.9 Å². The van der Waals surface area contributed by atoms with Crippen LogP contribution in [0.25, 0.3) is 0 Å². The summed E-state index contributed by atoms with van der Waals surface area (Å²) in [4.78, 5) is 13.0. The van der Waals surface area contributed by atoms with E-state index >= 15 is 0 Å². The van der Waals surface area contributed by atoms with Crippen molar-refractivity contribution in [2.24, 2.45) is 5.92 Å². The van der Waals surface area contributed by atoms with Gasteiger partial charge in [-0.2, -0.15) is 4.31 Å². The van der Waals surface area contributed by atoms with Crippen LogP contribution >= 0.6 is 0 Å². The summed E-state index contributed by atoms with van der Waals surface area (Å²) in [6.45, 7) is 3.80. The Bertz CT molecular complexity index is 693. The Morgan fingerprint density at radius 3 is 2.68 bits per heavy atom. The van der Waals surface area contributed by atoms with Gasteiger partial charge in [-0.05, 0) is 51.3 Å². The molecule has 6 nitrogen and oxygen atoms in total. The topological polar surface area (TPSA) is 78.5 Å². The van der Waals surface area contributed by atoms with Crippen LogP contribution in [-0.2, 0) is 14.8 Å². The molecule has 0 spiro atoms. The van der Waals surface area contributed by atoms with Crippen molar-refractivity contribution < 1.29 is 13.2 Å². The summed E-state index contributed by atoms with van der Waals surface area (Å²) in [6, 6.07) is 8.83. The molecule has 3 rings (SSSR count). The number of hydrogen-bond acceptors (Lipinski definition) is 4. The van der Waals surface area contributed by atoms with Gasteiger partial charge in [-0.25, -0.2) is 8.42 Å². The zero-order valence-electron chi connectivity index (χ0n) is 14.6. The first-order valence-corrected chi connectivity index (χ1v) is 10.5. The second-order valence-electron chi connectivity index (χ2n) is 7.02. The fourth-order valence-corrected chi connectivity index (χ4v) is 5.20. The third kappa shape index (κ3) is 4.22. The number of piperidine rings is 2. The van der Waals surface area contributed by atoms with E-state index in [9.17, 15) is 13.2 Å². The number of hydrogen-bond donors (Lipinski definition) is 2. The molecule has 3 unspecified atom stereocenters. The smallest absolute Gasteiger partial charge is 0.243 e. The molecular weight excluding hydrogens is 338 g/mol. The van der Waals surface area contributed by atoms with Gasteiger partial charge in [0.15, 0.2) is 0 Å². The third-order valence-corrected chi connectivity index (χ3v) is 7.10. The molecule has 0 bridgehead atoms. The number of amides is 1. The predicted molar refractivity (Wildman–Crippen MR) is 96.6 cm³/mol. The largest absolute Gasteiger partial charge is 0.352 e. The number of carbonyl (C=O) groups excluding carboxylic acids is 1. The SMILES string of the molecule is CC1NCCCC1NC(=O)C1CCCN(S(=O)(=O)c2ccccc2)C1. The number of sulfonamides is 1. The van der Waals surface area contributed by atoms with Crippen molar-refractivity contribution in [2.45, 2.75) is 49.6 Å². The van der Waals surface area contributed by atoms with Gasteiger partial charge < -0.3 is 10.6 Å². The Kier molecular flexibility index (Phi) is 5.76. The van der Waals surface area contributed by atoms with Gasteiger partial charge in [0.25, 0.3) is 0 Å². The predicted octanol–water partition coefficient (Wildman–Crippen LogP) is 1.34. The van der Waals surface area contributed by atoms with Crippen LogP contribution in [-0.4, -0.2) is 50.3 Å². The van der Waals surface area contributed by atoms with E-state index in [0.29, 0.717) is 17.9 Å². The molecule has 1 aromatic carbocycles. The number of nitrogens with zero attached hydrogens (tertiary/aromatic N) is 1. The van der Waals surface area contributed by atoms with Crippen LogP contribution in [0.15, 0.2) is 35.2 Å². The maximum atomic E-state index is 12.8. The lowest BCUT2D eigenvalue weighted by Gasteiger charge is -2.35. The Morgan fingerprint density at radius 1 is 1.20 bits per heavy atom. The average molecular weight is 365 g/mol. The van der Waals surface area contributed by atoms with Crippen molar-refractivity contribution >= 4 is 15.9 Å². The van der Waals surface area contributed by atoms with Crippen molar-refractivity contribution in [2.75, 3.05) is 19.6 Å². The third-order valence-electron chi connectivity index (χ3n) is 5.23. The number of benzene rings is 1. The molecule has 0 aromatic heterocycles. The van der Waals surface area contributed by atoms with E-state index in [-0.39, 0.29) is 30.5 Å². The molecule has 138 valence electrons. The molecule has 2 saturated heterocycles. The monoisotopic (exact) mass is 365 g/mol. The summed E-state index contributed by atoms with van der Waals surface area (Å²) in [6.07, 6.45) is 3.47. The molecule has 2 fully saturated rings. The van der Waals surface area contributed by atoms with Gasteiger partial charge in [-0.15, -0.1) is 0 Å². The van der Waals surface area contributed by atoms with Gasteiger partial charge in [0.2, 0.25) is 15.9 Å². The van der Waals surface area contributed by atoms with Crippen LogP contribution in [0.3, 0.4) is 0 Å². The maximum Gasteiger partial charge on any atom is 0.243 e. The first-order chi connectivity index (χ1) is 12.0. The fraction of sp³-hybridized carbons (Fsp3) is 0.611. The van der Waals surface area contributed by atoms with Crippen molar-refractivity contribution in [3.05, 3.63) is 30.3 Å². The minimum Gasteiger partial charge on any atom is -0.352 e. The first-order valence-electron chi connectivity index (χ1n) is 9.07. The van der Waals surface area contributed by atoms with E-state index in [1.165, 1.54) is 4.31 Å². The Balaban J connectivity index is 1.65. The fourth-order valence-electron chi connectivity index (χ4n) is 3.66. The molecule has 0 radical (unpaired) electrons. The van der Waals surface area contributed by atoms with Crippen LogP contribution < -0.4 is 10.6 Å². The van der Waals surface area contributed by atoms with Crippen LogP contribution in [0.4, 0.5) is 0 Å². The highest BCUT2D eigenvalue weighted by molar-refractivity contribution is 7.89. The first kappa shape index (κ1) is 18.4. The van der Waals surface area contributed by atoms with E-state index in [4.69, 9.17) is 0 Å². The van der Waals surface area contributed by atoms with Gasteiger partial charge in [0.05, 0.1) is 10.8 Å². The summed E-state index contributed by atoms with van der Waals surface area (Å²) in [7, 11) is -3.53. The van der Waals surface area contributed by atoms with E-state index in [2.05, 4.69) is 17.6 Å². The van der Waals surface area contributed by atoms with Crippen LogP contribution in [0, 0.1) is 5.92 Å². The quantitative estimate of drug-likeness (QED) is 0.844. The highest BCUT2D eigenvalue weighted by Gasteiger charge is 2.34. The average Bonchev–Trinajstić information content (AvgIpc) is 2.64. The Labute approximate surface area is 150 Å². The lowest BCUT2D eigenvalue weighted by molar-refractivity contribution is -0.127. The minimum absolute atomic E-state index is 0.0199. The molecule has 1 aromatic rings. The normalized spacial score (nSPS) is 28.4. The molecule has 0 saturated carbocycles. The summed E-state index contributed by atoms with van der Waals surface area (Å²) in [5.41, 5.74) is 0. The molecule has 0 aliphatic carbocycles. The molecule has 2 aliphatic rings. The molecule has 3 atom stereocenters. The van der Waals surface area contributed by atoms with Gasteiger partial charge in [-0.1, -0.05) is 18.2 Å². The van der Waals surface area contributed by atoms with Crippen molar-refractivity contribution in [1.29, 1.82) is 0 Å². The van der Waals surface area contributed by atoms with E-state index < -0.39 is 10.0 Å². The molecular formula is C18H27N3O3S. The van der Waals surface area contributed by atoms with Gasteiger partial charge in [0.1, 0.15) is 0 Å². The number of nitrogens with one attached hydrogen (secondary N) is 2. The second kappa shape index (κ2) is 7.85. The summed E-state index contributed by atoms with van der Waals surface area (Å²) in [5.74, 6) is -0.296. The van der Waals surface area contributed by atoms with Gasteiger partial charge in [-0.3, -0.25) is 4.79 Å². The Hall–Kier alpha value is -1.44. The maximum absolute atomic E-state index is 12.8. The Morgan fingerprint density at radius 2 is 1.96 bits per heavy atom. The molecule has 2 N–H and O–H groups in total. The lowest BCUT2D eigenvalue weighted by Crippen LogP contribution is -2.54. The zero-order chi connectivity index (χ0) is 17.9. The highest BCUT2D eigenvalue weighted by Crippen LogP contribution is 2.24. The van der Waals surface area contributed by atoms with Gasteiger partial charge in [0, 0.05) is 25.2 Å². The lowest BCUT2D eigenvalue weighted by atomic mass is 9.95. The standard InChI is InChI=1S/C18H27N3O3S/c1-14-17(10-5-11-19-14)20-18(22)15-7-6-12-21(13-15)25(23,24)16-8-3-2-4-9-16/h2-4,8-9,14-15,17,19H,5-7,10-13H2,1H3,(H,20,22). The molecule has 2 aliphatic heterocycles. The van der Waals surface area contributed by atoms with E-state index in [0.717, 1.165) is 25.8 Å². The van der Waals surface area contributed by atoms with Crippen LogP contribution in [0.5, 0.6) is 0 Å². The van der Waals surface area contributed by atoms with E-state index in [1.807, 2.05) is 0 Å². The number of carbonyl (C=O) groups is 1. The van der Waals surface area contributed by atoms with Gasteiger partial charge >= 0.3 is 0 Å². The highest BCUT2D eigenvalue weighted by atomic mass is 32.2. The van der Waals surface area contributed by atoms with E-state index in [1.54, 1.807) is 30.3 Å². The summed E-state index contributed by atoms with van der Waals surface area (Å²) >= 11 is 0. The number of rotatable bonds is 4. The zero-order valence-corrected chi connectivity index (χ0v) is 15.5. The summed E-state index contributed by atoms with van der Waals surface area (Å²) in [5, 5.41) is 6.50. The van der Waals surface area contributed by atoms with Crippen LogP contribution in [0.2, 0.25) is 0 Å². The molecule has 2 heterocycles. The molecule has 1 amide bonds. The second-order valence-corrected chi connectivity index (χ2v) is 8.95. The van der Waals surface area contributed by atoms with Crippen molar-refractivity contribution in [3.8, 4) is 0 Å². The minimum atomic E-state index is -3.53. The van der Waals surface area contributed by atoms with Crippen molar-refractivity contribution in [3.63, 3.8) is 0 Å². The molecule has 25 heavy (non-hydrogen) atoms. The summed E-state index contributed by atoms with van der Waals surface area (Å²) < 4.78 is 27.0.